The molecular weight excluding hydrogens is 244 g/mol. The maximum absolute atomic E-state index is 11.9. The summed E-state index contributed by atoms with van der Waals surface area (Å²) in [4.78, 5) is 26.4. The van der Waals surface area contributed by atoms with E-state index in [0.717, 1.165) is 0 Å². The van der Waals surface area contributed by atoms with Crippen LogP contribution in [-0.2, 0) is 4.79 Å². The van der Waals surface area contributed by atoms with Gasteiger partial charge in [-0.2, -0.15) is 0 Å². The minimum absolute atomic E-state index is 0.217. The molecule has 1 heterocycles. The van der Waals surface area contributed by atoms with Gasteiger partial charge in [0.15, 0.2) is 0 Å². The first kappa shape index (κ1) is 14.7. The van der Waals surface area contributed by atoms with E-state index in [1.165, 1.54) is 12.4 Å². The van der Waals surface area contributed by atoms with Gasteiger partial charge in [0.25, 0.3) is 5.91 Å². The molecule has 0 fully saturated rings. The van der Waals surface area contributed by atoms with Gasteiger partial charge in [-0.3, -0.25) is 14.6 Å². The van der Waals surface area contributed by atoms with Crippen LogP contribution in [0.5, 0.6) is 0 Å². The molecule has 2 amide bonds. The average Bonchev–Trinajstić information content (AvgIpc) is 2.41. The Balaban J connectivity index is 2.63. The van der Waals surface area contributed by atoms with Crippen molar-refractivity contribution in [2.24, 2.45) is 11.5 Å². The lowest BCUT2D eigenvalue weighted by Gasteiger charge is -2.05. The Bertz CT molecular complexity index is 517. The second-order valence-corrected chi connectivity index (χ2v) is 3.75. The number of amides is 2. The summed E-state index contributed by atoms with van der Waals surface area (Å²) >= 11 is 0. The van der Waals surface area contributed by atoms with E-state index >= 15 is 0 Å². The minimum Gasteiger partial charge on any atom is -0.370 e. The van der Waals surface area contributed by atoms with Crippen LogP contribution in [0.4, 0.5) is 0 Å². The van der Waals surface area contributed by atoms with Crippen molar-refractivity contribution in [2.45, 2.75) is 12.8 Å². The molecule has 1 aromatic rings. The predicted octanol–water partition coefficient (Wildman–Crippen LogP) is -0.613. The van der Waals surface area contributed by atoms with Gasteiger partial charge in [0.1, 0.15) is 0 Å². The van der Waals surface area contributed by atoms with Crippen molar-refractivity contribution in [1.29, 1.82) is 0 Å². The molecule has 0 aliphatic carbocycles. The highest BCUT2D eigenvalue weighted by molar-refractivity contribution is 5.96. The van der Waals surface area contributed by atoms with Gasteiger partial charge >= 0.3 is 0 Å². The number of nitrogens with one attached hydrogen (secondary N) is 1. The van der Waals surface area contributed by atoms with Crippen molar-refractivity contribution >= 4 is 11.8 Å². The number of nitrogens with two attached hydrogens (primary N) is 2. The number of primary amides is 1. The summed E-state index contributed by atoms with van der Waals surface area (Å²) in [6.07, 6.45) is 3.79. The second-order valence-electron chi connectivity index (χ2n) is 3.75. The molecule has 0 aromatic carbocycles. The van der Waals surface area contributed by atoms with E-state index < -0.39 is 0 Å². The Morgan fingerprint density at radius 3 is 2.89 bits per heavy atom. The highest BCUT2D eigenvalue weighted by Gasteiger charge is 2.09. The quantitative estimate of drug-likeness (QED) is 0.484. The molecule has 0 unspecified atom stereocenters. The first-order chi connectivity index (χ1) is 9.15. The third kappa shape index (κ3) is 5.19. The van der Waals surface area contributed by atoms with Gasteiger partial charge in [-0.25, -0.2) is 0 Å². The van der Waals surface area contributed by atoms with Crippen molar-refractivity contribution in [3.05, 3.63) is 29.6 Å². The van der Waals surface area contributed by atoms with E-state index in [2.05, 4.69) is 22.1 Å². The summed E-state index contributed by atoms with van der Waals surface area (Å²) in [5, 5.41) is 2.70. The van der Waals surface area contributed by atoms with Crippen LogP contribution in [0, 0.1) is 11.8 Å². The van der Waals surface area contributed by atoms with Gasteiger partial charge in [0.05, 0.1) is 17.7 Å². The molecule has 100 valence electrons. The fourth-order valence-corrected chi connectivity index (χ4v) is 1.40. The molecule has 19 heavy (non-hydrogen) atoms. The van der Waals surface area contributed by atoms with E-state index in [9.17, 15) is 9.59 Å². The minimum atomic E-state index is -0.382. The number of hydrogen-bond donors (Lipinski definition) is 3. The average molecular weight is 260 g/mol. The molecule has 6 nitrogen and oxygen atoms in total. The predicted molar refractivity (Wildman–Crippen MR) is 70.9 cm³/mol. The summed E-state index contributed by atoms with van der Waals surface area (Å²) in [6, 6.07) is 1.59. The Kier molecular flexibility index (Phi) is 6.06. The summed E-state index contributed by atoms with van der Waals surface area (Å²) in [7, 11) is 0. The first-order valence-corrected chi connectivity index (χ1v) is 5.84. The zero-order chi connectivity index (χ0) is 14.1. The van der Waals surface area contributed by atoms with Gasteiger partial charge in [0.2, 0.25) is 5.91 Å². The first-order valence-electron chi connectivity index (χ1n) is 5.84. The van der Waals surface area contributed by atoms with Gasteiger partial charge in [-0.05, 0) is 12.5 Å². The molecule has 1 aromatic heterocycles. The highest BCUT2D eigenvalue weighted by atomic mass is 16.2. The van der Waals surface area contributed by atoms with Gasteiger partial charge in [0, 0.05) is 25.4 Å². The summed E-state index contributed by atoms with van der Waals surface area (Å²) < 4.78 is 0. The number of rotatable bonds is 5. The monoisotopic (exact) mass is 260 g/mol. The van der Waals surface area contributed by atoms with Crippen LogP contribution in [0.3, 0.4) is 0 Å². The molecule has 5 N–H and O–H groups in total. The maximum Gasteiger partial charge on any atom is 0.252 e. The van der Waals surface area contributed by atoms with Crippen LogP contribution in [-0.4, -0.2) is 29.9 Å². The number of carbonyl (C=O) groups excluding carboxylic acids is 2. The largest absolute Gasteiger partial charge is 0.370 e. The fraction of sp³-hybridized carbons (Fsp3) is 0.308. The van der Waals surface area contributed by atoms with Gasteiger partial charge in [-0.15, -0.1) is 0 Å². The van der Waals surface area contributed by atoms with Crippen molar-refractivity contribution < 1.29 is 9.59 Å². The standard InChI is InChI=1S/C13H16N4O2/c14-6-1-3-10-9-16-8-5-11(10)13(19)17-7-2-4-12(15)18/h5,8-9H,2,4,6-7,14H2,(H2,15,18)(H,17,19). The molecule has 0 radical (unpaired) electrons. The third-order valence-electron chi connectivity index (χ3n) is 2.28. The Labute approximate surface area is 111 Å². The van der Waals surface area contributed by atoms with E-state index in [1.54, 1.807) is 6.07 Å². The van der Waals surface area contributed by atoms with Crippen molar-refractivity contribution in [1.82, 2.24) is 10.3 Å². The van der Waals surface area contributed by atoms with Crippen molar-refractivity contribution in [3.63, 3.8) is 0 Å². The molecule has 0 saturated carbocycles. The molecular formula is C13H16N4O2. The maximum atomic E-state index is 11.9. The summed E-state index contributed by atoms with van der Waals surface area (Å²) in [5.41, 5.74) is 11.3. The smallest absolute Gasteiger partial charge is 0.252 e. The number of carbonyl (C=O) groups is 2. The zero-order valence-electron chi connectivity index (χ0n) is 10.5. The number of nitrogens with zero attached hydrogens (tertiary/aromatic N) is 1. The van der Waals surface area contributed by atoms with Gasteiger partial charge < -0.3 is 16.8 Å². The van der Waals surface area contributed by atoms with Crippen LogP contribution in [0.15, 0.2) is 18.5 Å². The molecule has 1 rings (SSSR count). The molecule has 0 aliphatic rings. The van der Waals surface area contributed by atoms with E-state index in [-0.39, 0.29) is 24.8 Å². The Morgan fingerprint density at radius 1 is 1.42 bits per heavy atom. The summed E-state index contributed by atoms with van der Waals surface area (Å²) in [5.74, 6) is 4.83. The molecule has 0 aliphatic heterocycles. The lowest BCUT2D eigenvalue weighted by Crippen LogP contribution is -2.26. The molecule has 0 bridgehead atoms. The zero-order valence-corrected chi connectivity index (χ0v) is 10.5. The van der Waals surface area contributed by atoms with Crippen LogP contribution in [0.25, 0.3) is 0 Å². The Hall–Kier alpha value is -2.39. The number of aromatic nitrogens is 1. The normalized spacial score (nSPS) is 9.32. The van der Waals surface area contributed by atoms with Crippen molar-refractivity contribution in [3.8, 4) is 11.8 Å². The van der Waals surface area contributed by atoms with Crippen LogP contribution in [0.2, 0.25) is 0 Å². The van der Waals surface area contributed by atoms with E-state index in [1.807, 2.05) is 0 Å². The topological polar surface area (TPSA) is 111 Å². The number of pyridine rings is 1. The van der Waals surface area contributed by atoms with Crippen LogP contribution >= 0.6 is 0 Å². The third-order valence-corrected chi connectivity index (χ3v) is 2.28. The summed E-state index contributed by atoms with van der Waals surface area (Å²) in [6.45, 7) is 0.600. The van der Waals surface area contributed by atoms with Gasteiger partial charge in [-0.1, -0.05) is 11.8 Å². The van der Waals surface area contributed by atoms with Crippen LogP contribution < -0.4 is 16.8 Å². The van der Waals surface area contributed by atoms with Crippen LogP contribution in [0.1, 0.15) is 28.8 Å². The number of hydrogen-bond acceptors (Lipinski definition) is 4. The van der Waals surface area contributed by atoms with Crippen molar-refractivity contribution in [2.75, 3.05) is 13.1 Å². The lowest BCUT2D eigenvalue weighted by molar-refractivity contribution is -0.118. The fourth-order valence-electron chi connectivity index (χ4n) is 1.40. The molecule has 0 atom stereocenters. The molecule has 6 heteroatoms. The second kappa shape index (κ2) is 7.84. The SMILES string of the molecule is NCC#Cc1cnccc1C(=O)NCCCC(N)=O. The molecule has 0 saturated heterocycles. The molecule has 0 spiro atoms. The van der Waals surface area contributed by atoms with E-state index in [4.69, 9.17) is 11.5 Å². The van der Waals surface area contributed by atoms with E-state index in [0.29, 0.717) is 24.1 Å². The lowest BCUT2D eigenvalue weighted by atomic mass is 10.1. The highest BCUT2D eigenvalue weighted by Crippen LogP contribution is 2.05. The Morgan fingerprint density at radius 2 is 2.21 bits per heavy atom.